The van der Waals surface area contributed by atoms with Gasteiger partial charge in [0.1, 0.15) is 5.01 Å². The molecule has 86 valence electrons. The third kappa shape index (κ3) is 2.52. The first-order valence-corrected chi connectivity index (χ1v) is 7.86. The number of nitrogens with zero attached hydrogens (tertiary/aromatic N) is 2. The normalized spacial score (nSPS) is 12.9. The van der Waals surface area contributed by atoms with Gasteiger partial charge in [-0.25, -0.2) is 0 Å². The Bertz CT molecular complexity index is 464. The van der Waals surface area contributed by atoms with Gasteiger partial charge in [-0.2, -0.15) is 0 Å². The number of alkyl halides is 1. The maximum atomic E-state index is 4.25. The van der Waals surface area contributed by atoms with Gasteiger partial charge in [0.15, 0.2) is 5.01 Å². The predicted octanol–water partition coefficient (Wildman–Crippen LogP) is 4.68. The summed E-state index contributed by atoms with van der Waals surface area (Å²) in [5.41, 5.74) is 0. The van der Waals surface area contributed by atoms with Gasteiger partial charge in [-0.05, 0) is 25.0 Å². The summed E-state index contributed by atoms with van der Waals surface area (Å²) in [4.78, 5) is 2.97. The van der Waals surface area contributed by atoms with Crippen molar-refractivity contribution in [3.05, 3.63) is 22.0 Å². The van der Waals surface area contributed by atoms with E-state index in [1.165, 1.54) is 9.75 Å². The van der Waals surface area contributed by atoms with Crippen LogP contribution in [-0.4, -0.2) is 10.2 Å². The second-order valence-corrected chi connectivity index (χ2v) is 6.72. The van der Waals surface area contributed by atoms with Crippen molar-refractivity contribution in [2.75, 3.05) is 0 Å². The second-order valence-electron chi connectivity index (χ2n) is 3.44. The van der Waals surface area contributed by atoms with Gasteiger partial charge in [-0.3, -0.25) is 0 Å². The molecule has 1 unspecified atom stereocenters. The van der Waals surface area contributed by atoms with Gasteiger partial charge in [-0.15, -0.1) is 21.5 Å². The van der Waals surface area contributed by atoms with E-state index in [0.29, 0.717) is 4.83 Å². The number of hydrogen-bond acceptors (Lipinski definition) is 4. The van der Waals surface area contributed by atoms with Crippen molar-refractivity contribution in [2.24, 2.45) is 0 Å². The summed E-state index contributed by atoms with van der Waals surface area (Å²) in [6, 6.07) is 4.31. The molecule has 0 saturated carbocycles. The lowest BCUT2D eigenvalue weighted by atomic mass is 10.4. The van der Waals surface area contributed by atoms with Crippen molar-refractivity contribution >= 4 is 38.6 Å². The Morgan fingerprint density at radius 1 is 1.25 bits per heavy atom. The SMILES string of the molecule is CCc1ccc(-c2nnc(C(Br)CC)s2)s1. The summed E-state index contributed by atoms with van der Waals surface area (Å²) < 4.78 is 0. The molecule has 0 fully saturated rings. The van der Waals surface area contributed by atoms with Crippen molar-refractivity contribution in [1.29, 1.82) is 0 Å². The highest BCUT2D eigenvalue weighted by atomic mass is 79.9. The largest absolute Gasteiger partial charge is 0.157 e. The molecule has 0 spiro atoms. The summed E-state index contributed by atoms with van der Waals surface area (Å²) in [6.07, 6.45) is 2.13. The fourth-order valence-electron chi connectivity index (χ4n) is 1.32. The van der Waals surface area contributed by atoms with Crippen LogP contribution in [0.1, 0.15) is 35.0 Å². The minimum atomic E-state index is 0.337. The molecule has 2 heterocycles. The molecule has 16 heavy (non-hydrogen) atoms. The van der Waals surface area contributed by atoms with Gasteiger partial charge in [-0.1, -0.05) is 41.1 Å². The summed E-state index contributed by atoms with van der Waals surface area (Å²) in [5.74, 6) is 0. The standard InChI is InChI=1S/C11H13BrN2S2/c1-3-7-5-6-9(15-7)11-14-13-10(16-11)8(12)4-2/h5-6,8H,3-4H2,1-2H3. The zero-order chi connectivity index (χ0) is 11.5. The van der Waals surface area contributed by atoms with E-state index in [4.69, 9.17) is 0 Å². The van der Waals surface area contributed by atoms with E-state index in [2.05, 4.69) is 52.1 Å². The van der Waals surface area contributed by atoms with Gasteiger partial charge < -0.3 is 0 Å². The van der Waals surface area contributed by atoms with Crippen LogP contribution in [0.15, 0.2) is 12.1 Å². The monoisotopic (exact) mass is 316 g/mol. The lowest BCUT2D eigenvalue weighted by Gasteiger charge is -1.97. The van der Waals surface area contributed by atoms with E-state index in [0.717, 1.165) is 22.9 Å². The summed E-state index contributed by atoms with van der Waals surface area (Å²) >= 11 is 7.10. The smallest absolute Gasteiger partial charge is 0.142 e. The highest BCUT2D eigenvalue weighted by Crippen LogP contribution is 2.35. The van der Waals surface area contributed by atoms with Gasteiger partial charge >= 0.3 is 0 Å². The summed E-state index contributed by atoms with van der Waals surface area (Å²) in [7, 11) is 0. The van der Waals surface area contributed by atoms with Crippen LogP contribution in [0.25, 0.3) is 9.88 Å². The number of halogens is 1. The fraction of sp³-hybridized carbons (Fsp3) is 0.455. The average Bonchev–Trinajstić information content (AvgIpc) is 2.95. The third-order valence-electron chi connectivity index (χ3n) is 2.29. The second kappa shape index (κ2) is 5.38. The van der Waals surface area contributed by atoms with E-state index in [1.807, 2.05) is 11.3 Å². The third-order valence-corrected chi connectivity index (χ3v) is 6.11. The molecule has 0 aliphatic rings. The number of rotatable bonds is 4. The Morgan fingerprint density at radius 3 is 2.69 bits per heavy atom. The van der Waals surface area contributed by atoms with E-state index >= 15 is 0 Å². The van der Waals surface area contributed by atoms with E-state index in [9.17, 15) is 0 Å². The Hall–Kier alpha value is -0.260. The van der Waals surface area contributed by atoms with Crippen LogP contribution in [-0.2, 0) is 6.42 Å². The van der Waals surface area contributed by atoms with E-state index in [1.54, 1.807) is 11.3 Å². The van der Waals surface area contributed by atoms with Crippen molar-refractivity contribution in [1.82, 2.24) is 10.2 Å². The number of thiophene rings is 1. The fourth-order valence-corrected chi connectivity index (χ4v) is 3.59. The van der Waals surface area contributed by atoms with Gasteiger partial charge in [0.05, 0.1) is 9.70 Å². The highest BCUT2D eigenvalue weighted by Gasteiger charge is 2.13. The van der Waals surface area contributed by atoms with Gasteiger partial charge in [0, 0.05) is 4.88 Å². The van der Waals surface area contributed by atoms with Crippen LogP contribution in [0.5, 0.6) is 0 Å². The average molecular weight is 317 g/mol. The molecule has 2 nitrogen and oxygen atoms in total. The van der Waals surface area contributed by atoms with E-state index < -0.39 is 0 Å². The van der Waals surface area contributed by atoms with Gasteiger partial charge in [0.2, 0.25) is 0 Å². The van der Waals surface area contributed by atoms with Crippen molar-refractivity contribution < 1.29 is 0 Å². The Balaban J connectivity index is 2.24. The molecule has 2 aromatic rings. The van der Waals surface area contributed by atoms with Crippen LogP contribution in [0.2, 0.25) is 0 Å². The maximum absolute atomic E-state index is 4.25. The Morgan fingerprint density at radius 2 is 2.06 bits per heavy atom. The minimum absolute atomic E-state index is 0.337. The molecule has 0 aromatic carbocycles. The van der Waals surface area contributed by atoms with Crippen LogP contribution in [0.4, 0.5) is 0 Å². The highest BCUT2D eigenvalue weighted by molar-refractivity contribution is 9.09. The zero-order valence-corrected chi connectivity index (χ0v) is 12.5. The quantitative estimate of drug-likeness (QED) is 0.766. The molecule has 0 bridgehead atoms. The molecular formula is C11H13BrN2S2. The maximum Gasteiger partial charge on any atom is 0.157 e. The van der Waals surface area contributed by atoms with Crippen molar-refractivity contribution in [3.63, 3.8) is 0 Å². The van der Waals surface area contributed by atoms with Crippen LogP contribution in [0.3, 0.4) is 0 Å². The van der Waals surface area contributed by atoms with Crippen LogP contribution in [0, 0.1) is 0 Å². The Labute approximate surface area is 112 Å². The number of hydrogen-bond donors (Lipinski definition) is 0. The molecule has 0 aliphatic heterocycles. The first-order valence-electron chi connectivity index (χ1n) is 5.31. The first kappa shape index (κ1) is 12.2. The minimum Gasteiger partial charge on any atom is -0.142 e. The molecule has 0 amide bonds. The molecule has 0 aliphatic carbocycles. The molecular weight excluding hydrogens is 304 g/mol. The topological polar surface area (TPSA) is 25.8 Å². The molecule has 0 N–H and O–H groups in total. The number of aryl methyl sites for hydroxylation is 1. The summed E-state index contributed by atoms with van der Waals surface area (Å²) in [5, 5.41) is 10.6. The van der Waals surface area contributed by atoms with Crippen molar-refractivity contribution in [2.45, 2.75) is 31.5 Å². The molecule has 0 saturated heterocycles. The van der Waals surface area contributed by atoms with Crippen molar-refractivity contribution in [3.8, 4) is 9.88 Å². The lowest BCUT2D eigenvalue weighted by molar-refractivity contribution is 0.870. The first-order chi connectivity index (χ1) is 7.74. The van der Waals surface area contributed by atoms with Crippen LogP contribution < -0.4 is 0 Å². The number of aromatic nitrogens is 2. The summed E-state index contributed by atoms with van der Waals surface area (Å²) in [6.45, 7) is 4.31. The van der Waals surface area contributed by atoms with Crippen LogP contribution >= 0.6 is 38.6 Å². The van der Waals surface area contributed by atoms with E-state index in [-0.39, 0.29) is 0 Å². The molecule has 1 atom stereocenters. The zero-order valence-electron chi connectivity index (χ0n) is 9.24. The molecule has 2 aromatic heterocycles. The molecule has 0 radical (unpaired) electrons. The Kier molecular flexibility index (Phi) is 4.10. The molecule has 2 rings (SSSR count). The lowest BCUT2D eigenvalue weighted by Crippen LogP contribution is -1.84. The predicted molar refractivity (Wildman–Crippen MR) is 74.6 cm³/mol. The van der Waals surface area contributed by atoms with Gasteiger partial charge in [0.25, 0.3) is 0 Å². The molecule has 5 heteroatoms.